The number of amides is 1. The number of aliphatic hydroxyl groups is 2. The highest BCUT2D eigenvalue weighted by Gasteiger charge is 2.17. The highest BCUT2D eigenvalue weighted by Crippen LogP contribution is 2.14. The SMILES string of the molecule is CCCCCCCCCCC/C=C/C(O)C(CO)NC(=O)CCCCCCCCC/C=C\CCCCCCCCCCCCCC. The molecule has 0 bridgehead atoms. The molecule has 0 aliphatic carbocycles. The summed E-state index contributed by atoms with van der Waals surface area (Å²) >= 11 is 0. The van der Waals surface area contributed by atoms with Crippen LogP contribution in [-0.4, -0.2) is 34.9 Å². The number of hydrogen-bond acceptors (Lipinski definition) is 3. The first-order valence-corrected chi connectivity index (χ1v) is 20.6. The lowest BCUT2D eigenvalue weighted by molar-refractivity contribution is -0.123. The van der Waals surface area contributed by atoms with E-state index < -0.39 is 12.1 Å². The molecule has 0 aromatic carbocycles. The Morgan fingerprint density at radius 2 is 0.826 bits per heavy atom. The summed E-state index contributed by atoms with van der Waals surface area (Å²) < 4.78 is 0. The highest BCUT2D eigenvalue weighted by molar-refractivity contribution is 5.76. The van der Waals surface area contributed by atoms with Gasteiger partial charge in [-0.2, -0.15) is 0 Å². The molecular weight excluding hydrogens is 566 g/mol. The van der Waals surface area contributed by atoms with Gasteiger partial charge >= 0.3 is 0 Å². The van der Waals surface area contributed by atoms with Crippen LogP contribution >= 0.6 is 0 Å². The van der Waals surface area contributed by atoms with Crippen molar-refractivity contribution in [1.82, 2.24) is 5.32 Å². The molecule has 0 aromatic rings. The van der Waals surface area contributed by atoms with Crippen molar-refractivity contribution in [3.8, 4) is 0 Å². The molecule has 2 unspecified atom stereocenters. The van der Waals surface area contributed by atoms with Gasteiger partial charge in [0.1, 0.15) is 0 Å². The van der Waals surface area contributed by atoms with Crippen LogP contribution in [0.5, 0.6) is 0 Å². The number of hydrogen-bond donors (Lipinski definition) is 3. The zero-order valence-corrected chi connectivity index (χ0v) is 31.1. The largest absolute Gasteiger partial charge is 0.394 e. The Bertz CT molecular complexity index is 661. The molecule has 0 spiro atoms. The summed E-state index contributed by atoms with van der Waals surface area (Å²) in [7, 11) is 0. The molecule has 2 atom stereocenters. The fourth-order valence-corrected chi connectivity index (χ4v) is 6.23. The van der Waals surface area contributed by atoms with Crippen molar-refractivity contribution in [2.45, 2.75) is 231 Å². The van der Waals surface area contributed by atoms with Gasteiger partial charge in [-0.1, -0.05) is 192 Å². The van der Waals surface area contributed by atoms with Crippen LogP contribution in [0.1, 0.15) is 219 Å². The Labute approximate surface area is 288 Å². The first-order valence-electron chi connectivity index (χ1n) is 20.6. The molecule has 4 nitrogen and oxygen atoms in total. The molecule has 0 rings (SSSR count). The highest BCUT2D eigenvalue weighted by atomic mass is 16.3. The summed E-state index contributed by atoms with van der Waals surface area (Å²) in [6.45, 7) is 4.30. The van der Waals surface area contributed by atoms with E-state index in [2.05, 4.69) is 31.3 Å². The second-order valence-electron chi connectivity index (χ2n) is 14.1. The standard InChI is InChI=1S/C42H81NO3/c1-3-5-7-9-11-13-15-16-17-18-19-20-21-22-23-24-25-26-28-30-32-34-36-38-42(46)43-40(39-44)41(45)37-35-33-31-29-27-14-12-10-8-6-4-2/h22-23,35,37,40-41,44-45H,3-21,24-34,36,38-39H2,1-2H3,(H,43,46)/b23-22-,37-35+. The summed E-state index contributed by atoms with van der Waals surface area (Å²) in [5.41, 5.74) is 0. The van der Waals surface area contributed by atoms with E-state index >= 15 is 0 Å². The van der Waals surface area contributed by atoms with Crippen LogP contribution in [0.4, 0.5) is 0 Å². The average molecular weight is 648 g/mol. The number of aliphatic hydroxyl groups excluding tert-OH is 2. The van der Waals surface area contributed by atoms with Gasteiger partial charge in [-0.25, -0.2) is 0 Å². The third kappa shape index (κ3) is 34.2. The molecule has 4 heteroatoms. The fraction of sp³-hybridized carbons (Fsp3) is 0.881. The molecule has 0 aromatic heterocycles. The van der Waals surface area contributed by atoms with Crippen molar-refractivity contribution in [3.63, 3.8) is 0 Å². The number of carbonyl (C=O) groups excluding carboxylic acids is 1. The van der Waals surface area contributed by atoms with Gasteiger partial charge in [0.2, 0.25) is 5.91 Å². The monoisotopic (exact) mass is 648 g/mol. The van der Waals surface area contributed by atoms with Gasteiger partial charge in [-0.3, -0.25) is 4.79 Å². The zero-order valence-electron chi connectivity index (χ0n) is 31.1. The molecule has 272 valence electrons. The number of carbonyl (C=O) groups is 1. The Balaban J connectivity index is 3.53. The lowest BCUT2D eigenvalue weighted by Gasteiger charge is -2.20. The predicted octanol–water partition coefficient (Wildman–Crippen LogP) is 12.5. The molecule has 0 fully saturated rings. The minimum absolute atomic E-state index is 0.0688. The van der Waals surface area contributed by atoms with E-state index in [1.807, 2.05) is 6.08 Å². The predicted molar refractivity (Wildman–Crippen MR) is 202 cm³/mol. The molecular formula is C42H81NO3. The first-order chi connectivity index (χ1) is 22.7. The molecule has 0 saturated heterocycles. The topological polar surface area (TPSA) is 69.6 Å². The van der Waals surface area contributed by atoms with E-state index in [0.717, 1.165) is 25.7 Å². The van der Waals surface area contributed by atoms with Gasteiger partial charge in [-0.15, -0.1) is 0 Å². The van der Waals surface area contributed by atoms with Crippen LogP contribution in [0.25, 0.3) is 0 Å². The minimum atomic E-state index is -0.836. The molecule has 1 amide bonds. The third-order valence-corrected chi connectivity index (χ3v) is 9.43. The number of nitrogens with one attached hydrogen (secondary N) is 1. The Morgan fingerprint density at radius 1 is 0.500 bits per heavy atom. The van der Waals surface area contributed by atoms with Crippen LogP contribution in [0.2, 0.25) is 0 Å². The van der Waals surface area contributed by atoms with Crippen molar-refractivity contribution in [2.24, 2.45) is 0 Å². The molecule has 0 saturated carbocycles. The zero-order chi connectivity index (χ0) is 33.6. The van der Waals surface area contributed by atoms with Crippen molar-refractivity contribution in [2.75, 3.05) is 6.61 Å². The van der Waals surface area contributed by atoms with Crippen molar-refractivity contribution >= 4 is 5.91 Å². The van der Waals surface area contributed by atoms with Crippen LogP contribution in [0.15, 0.2) is 24.3 Å². The van der Waals surface area contributed by atoms with Crippen LogP contribution < -0.4 is 5.32 Å². The quantitative estimate of drug-likeness (QED) is 0.0464. The molecule has 0 heterocycles. The van der Waals surface area contributed by atoms with Gasteiger partial charge in [0.05, 0.1) is 18.8 Å². The van der Waals surface area contributed by atoms with Gasteiger partial charge in [0, 0.05) is 6.42 Å². The van der Waals surface area contributed by atoms with Crippen LogP contribution in [-0.2, 0) is 4.79 Å². The molecule has 0 aliphatic rings. The van der Waals surface area contributed by atoms with E-state index in [1.165, 1.54) is 173 Å². The van der Waals surface area contributed by atoms with Gasteiger partial charge < -0.3 is 15.5 Å². The first kappa shape index (κ1) is 44.9. The Kier molecular flexibility index (Phi) is 37.4. The van der Waals surface area contributed by atoms with Crippen molar-refractivity contribution in [3.05, 3.63) is 24.3 Å². The normalized spacial score (nSPS) is 13.2. The smallest absolute Gasteiger partial charge is 0.220 e. The van der Waals surface area contributed by atoms with Crippen molar-refractivity contribution in [1.29, 1.82) is 0 Å². The molecule has 0 radical (unpaired) electrons. The Morgan fingerprint density at radius 3 is 1.20 bits per heavy atom. The lowest BCUT2D eigenvalue weighted by atomic mass is 10.0. The number of rotatable bonds is 37. The number of unbranched alkanes of at least 4 members (excludes halogenated alkanes) is 28. The second-order valence-corrected chi connectivity index (χ2v) is 14.1. The maximum Gasteiger partial charge on any atom is 0.220 e. The second kappa shape index (κ2) is 38.3. The van der Waals surface area contributed by atoms with Crippen LogP contribution in [0.3, 0.4) is 0 Å². The van der Waals surface area contributed by atoms with Gasteiger partial charge in [-0.05, 0) is 44.9 Å². The summed E-state index contributed by atoms with van der Waals surface area (Å²) in [5.74, 6) is -0.0688. The fourth-order valence-electron chi connectivity index (χ4n) is 6.23. The van der Waals surface area contributed by atoms with E-state index in [-0.39, 0.29) is 12.5 Å². The Hall–Kier alpha value is -1.13. The summed E-state index contributed by atoms with van der Waals surface area (Å²) in [5, 5.41) is 22.9. The minimum Gasteiger partial charge on any atom is -0.394 e. The molecule has 46 heavy (non-hydrogen) atoms. The summed E-state index contributed by atoms with van der Waals surface area (Å²) in [4.78, 5) is 12.3. The maximum absolute atomic E-state index is 12.3. The van der Waals surface area contributed by atoms with E-state index in [0.29, 0.717) is 6.42 Å². The average Bonchev–Trinajstić information content (AvgIpc) is 3.06. The van der Waals surface area contributed by atoms with Crippen LogP contribution in [0, 0.1) is 0 Å². The van der Waals surface area contributed by atoms with Crippen molar-refractivity contribution < 1.29 is 15.0 Å². The number of allylic oxidation sites excluding steroid dienone is 3. The summed E-state index contributed by atoms with van der Waals surface area (Å²) in [6.07, 6.45) is 48.5. The van der Waals surface area contributed by atoms with E-state index in [4.69, 9.17) is 0 Å². The molecule has 0 aliphatic heterocycles. The van der Waals surface area contributed by atoms with Gasteiger partial charge in [0.25, 0.3) is 0 Å². The maximum atomic E-state index is 12.3. The third-order valence-electron chi connectivity index (χ3n) is 9.43. The lowest BCUT2D eigenvalue weighted by Crippen LogP contribution is -2.45. The molecule has 3 N–H and O–H groups in total. The van der Waals surface area contributed by atoms with E-state index in [9.17, 15) is 15.0 Å². The van der Waals surface area contributed by atoms with Gasteiger partial charge in [0.15, 0.2) is 0 Å². The van der Waals surface area contributed by atoms with E-state index in [1.54, 1.807) is 6.08 Å². The summed E-state index contributed by atoms with van der Waals surface area (Å²) in [6, 6.07) is -0.620.